The van der Waals surface area contributed by atoms with Crippen molar-refractivity contribution in [1.82, 2.24) is 9.97 Å². The molecule has 1 aromatic carbocycles. The normalized spacial score (nSPS) is 14.2. The molecule has 10 heteroatoms. The Morgan fingerprint density at radius 1 is 1.32 bits per heavy atom. The number of H-pyrrole nitrogens is 1. The lowest BCUT2D eigenvalue weighted by Gasteiger charge is -2.11. The number of carbonyl (C=O) groups excluding carboxylic acids is 1. The Bertz CT molecular complexity index is 1290. The Morgan fingerprint density at radius 3 is 2.74 bits per heavy atom. The van der Waals surface area contributed by atoms with Gasteiger partial charge in [0, 0.05) is 34.1 Å². The summed E-state index contributed by atoms with van der Waals surface area (Å²) >= 11 is 3.57. The fourth-order valence-electron chi connectivity index (χ4n) is 3.50. The maximum atomic E-state index is 14.9. The Labute approximate surface area is 186 Å². The minimum atomic E-state index is -3.79. The highest BCUT2D eigenvalue weighted by Crippen LogP contribution is 2.44. The zero-order chi connectivity index (χ0) is 22.3. The number of hydrogen-bond acceptors (Lipinski definition) is 4. The van der Waals surface area contributed by atoms with Gasteiger partial charge in [-0.25, -0.2) is 22.2 Å². The molecule has 0 aliphatic heterocycles. The van der Waals surface area contributed by atoms with Crippen molar-refractivity contribution in [2.75, 3.05) is 10.5 Å². The van der Waals surface area contributed by atoms with E-state index in [2.05, 4.69) is 30.6 Å². The number of rotatable bonds is 8. The molecular weight excluding hydrogens is 492 g/mol. The number of nitrogens with zero attached hydrogens (tertiary/aromatic N) is 1. The van der Waals surface area contributed by atoms with Crippen LogP contribution < -0.4 is 4.72 Å². The molecule has 0 saturated heterocycles. The summed E-state index contributed by atoms with van der Waals surface area (Å²) in [5, 5.41) is 0.800. The van der Waals surface area contributed by atoms with Crippen molar-refractivity contribution < 1.29 is 22.0 Å². The molecule has 31 heavy (non-hydrogen) atoms. The molecule has 2 heterocycles. The van der Waals surface area contributed by atoms with Crippen LogP contribution in [-0.2, 0) is 16.4 Å². The van der Waals surface area contributed by atoms with Crippen LogP contribution in [0.3, 0.4) is 0 Å². The highest BCUT2D eigenvalue weighted by molar-refractivity contribution is 9.10. The van der Waals surface area contributed by atoms with Gasteiger partial charge in [0.2, 0.25) is 10.0 Å². The number of pyridine rings is 1. The van der Waals surface area contributed by atoms with Gasteiger partial charge in [0.15, 0.2) is 11.6 Å². The number of halogens is 3. The van der Waals surface area contributed by atoms with Gasteiger partial charge in [0.1, 0.15) is 11.5 Å². The van der Waals surface area contributed by atoms with Crippen LogP contribution in [0.15, 0.2) is 28.9 Å². The SMILES string of the molecule is CCCS(=O)(=O)Nc1ccc(F)c(C(=O)Cc2cnc3[nH]c(C4CC4)c(Br)c3c2)c1F. The molecule has 2 N–H and O–H groups in total. The monoisotopic (exact) mass is 511 g/mol. The molecule has 0 atom stereocenters. The Morgan fingerprint density at radius 2 is 2.06 bits per heavy atom. The van der Waals surface area contributed by atoms with E-state index >= 15 is 0 Å². The fourth-order valence-corrected chi connectivity index (χ4v) is 5.36. The zero-order valence-electron chi connectivity index (χ0n) is 16.6. The van der Waals surface area contributed by atoms with E-state index in [0.29, 0.717) is 23.5 Å². The third-order valence-electron chi connectivity index (χ3n) is 5.13. The average Bonchev–Trinajstić information content (AvgIpc) is 3.49. The van der Waals surface area contributed by atoms with Crippen LogP contribution >= 0.6 is 15.9 Å². The largest absolute Gasteiger partial charge is 0.342 e. The lowest BCUT2D eigenvalue weighted by Crippen LogP contribution is -2.19. The first-order valence-electron chi connectivity index (χ1n) is 9.88. The van der Waals surface area contributed by atoms with E-state index in [1.165, 1.54) is 6.20 Å². The van der Waals surface area contributed by atoms with Crippen molar-refractivity contribution in [3.05, 3.63) is 57.3 Å². The third kappa shape index (κ3) is 4.50. The quantitative estimate of drug-likeness (QED) is 0.413. The lowest BCUT2D eigenvalue weighted by molar-refractivity contribution is 0.0985. The van der Waals surface area contributed by atoms with Crippen molar-refractivity contribution in [3.63, 3.8) is 0 Å². The summed E-state index contributed by atoms with van der Waals surface area (Å²) in [5.74, 6) is -2.82. The van der Waals surface area contributed by atoms with Gasteiger partial charge in [-0.2, -0.15) is 0 Å². The van der Waals surface area contributed by atoms with E-state index in [1.54, 1.807) is 13.0 Å². The first-order chi connectivity index (χ1) is 14.7. The molecule has 6 nitrogen and oxygen atoms in total. The Hall–Kier alpha value is -2.33. The number of hydrogen-bond donors (Lipinski definition) is 2. The number of ketones is 1. The van der Waals surface area contributed by atoms with E-state index in [9.17, 15) is 22.0 Å². The van der Waals surface area contributed by atoms with Crippen LogP contribution in [0.4, 0.5) is 14.5 Å². The van der Waals surface area contributed by atoms with Crippen LogP contribution in [0, 0.1) is 11.6 Å². The van der Waals surface area contributed by atoms with E-state index < -0.39 is 38.7 Å². The van der Waals surface area contributed by atoms with Crippen LogP contribution in [0.5, 0.6) is 0 Å². The first-order valence-corrected chi connectivity index (χ1v) is 12.3. The molecule has 2 aromatic heterocycles. The highest BCUT2D eigenvalue weighted by Gasteiger charge is 2.29. The summed E-state index contributed by atoms with van der Waals surface area (Å²) in [4.78, 5) is 20.3. The second-order valence-corrected chi connectivity index (χ2v) is 10.3. The summed E-state index contributed by atoms with van der Waals surface area (Å²) in [6.45, 7) is 1.66. The molecule has 164 valence electrons. The van der Waals surface area contributed by atoms with Crippen molar-refractivity contribution in [2.24, 2.45) is 0 Å². The second kappa shape index (κ2) is 8.31. The van der Waals surface area contributed by atoms with Crippen LogP contribution in [-0.4, -0.2) is 29.9 Å². The lowest BCUT2D eigenvalue weighted by atomic mass is 10.0. The minimum Gasteiger partial charge on any atom is -0.342 e. The molecule has 0 amide bonds. The van der Waals surface area contributed by atoms with Crippen molar-refractivity contribution >= 4 is 48.5 Å². The van der Waals surface area contributed by atoms with Gasteiger partial charge >= 0.3 is 0 Å². The molecule has 4 rings (SSSR count). The van der Waals surface area contributed by atoms with Crippen LogP contribution in [0.25, 0.3) is 11.0 Å². The summed E-state index contributed by atoms with van der Waals surface area (Å²) in [7, 11) is -3.79. The maximum absolute atomic E-state index is 14.9. The fraction of sp³-hybridized carbons (Fsp3) is 0.333. The van der Waals surface area contributed by atoms with Gasteiger partial charge in [-0.05, 0) is 59.0 Å². The molecule has 1 aliphatic rings. The molecule has 0 spiro atoms. The van der Waals surface area contributed by atoms with Crippen molar-refractivity contribution in [3.8, 4) is 0 Å². The number of nitrogens with one attached hydrogen (secondary N) is 2. The predicted molar refractivity (Wildman–Crippen MR) is 118 cm³/mol. The number of fused-ring (bicyclic) bond motifs is 1. The maximum Gasteiger partial charge on any atom is 0.232 e. The standard InChI is InChI=1S/C21H20BrF2N3O3S/c1-2-7-31(29,30)27-15-6-5-14(23)17(19(15)24)16(28)9-11-8-13-18(22)20(12-3-4-12)26-21(13)25-10-11/h5-6,8,10,12,27H,2-4,7,9H2,1H3,(H,25,26). The predicted octanol–water partition coefficient (Wildman–Crippen LogP) is 5.06. The number of benzene rings is 1. The molecular formula is C21H20BrF2N3O3S. The molecule has 1 saturated carbocycles. The van der Waals surface area contributed by atoms with E-state index in [4.69, 9.17) is 0 Å². The van der Waals surface area contributed by atoms with Crippen LogP contribution in [0.2, 0.25) is 0 Å². The molecule has 0 bridgehead atoms. The topological polar surface area (TPSA) is 91.9 Å². The number of anilines is 1. The smallest absolute Gasteiger partial charge is 0.232 e. The molecule has 1 aliphatic carbocycles. The van der Waals surface area contributed by atoms with Crippen molar-refractivity contribution in [1.29, 1.82) is 0 Å². The molecule has 0 unspecified atom stereocenters. The first kappa shape index (κ1) is 21.9. The van der Waals surface area contributed by atoms with Gasteiger partial charge in [0.25, 0.3) is 0 Å². The zero-order valence-corrected chi connectivity index (χ0v) is 19.0. The van der Waals surface area contributed by atoms with Gasteiger partial charge in [-0.3, -0.25) is 9.52 Å². The highest BCUT2D eigenvalue weighted by atomic mass is 79.9. The number of sulfonamides is 1. The second-order valence-electron chi connectivity index (χ2n) is 7.67. The van der Waals surface area contributed by atoms with Gasteiger partial charge in [-0.1, -0.05) is 6.92 Å². The Kier molecular flexibility index (Phi) is 5.87. The minimum absolute atomic E-state index is 0.215. The number of Topliss-reactive ketones (excluding diaryl/α,β-unsaturated/α-hetero) is 1. The average molecular weight is 512 g/mol. The summed E-state index contributed by atoms with van der Waals surface area (Å²) in [5.41, 5.74) is 1.01. The number of aromatic amines is 1. The van der Waals surface area contributed by atoms with E-state index in [1.807, 2.05) is 0 Å². The molecule has 1 fully saturated rings. The van der Waals surface area contributed by atoms with Crippen molar-refractivity contribution in [2.45, 2.75) is 38.5 Å². The van der Waals surface area contributed by atoms with Gasteiger partial charge in [-0.15, -0.1) is 0 Å². The summed E-state index contributed by atoms with van der Waals surface area (Å²) < 4.78 is 56.0. The molecule has 0 radical (unpaired) electrons. The van der Waals surface area contributed by atoms with Crippen LogP contribution in [0.1, 0.15) is 53.7 Å². The summed E-state index contributed by atoms with van der Waals surface area (Å²) in [6, 6.07) is 3.61. The third-order valence-corrected chi connectivity index (χ3v) is 7.46. The van der Waals surface area contributed by atoms with E-state index in [-0.39, 0.29) is 12.2 Å². The number of carbonyl (C=O) groups is 1. The van der Waals surface area contributed by atoms with Gasteiger partial charge in [0.05, 0.1) is 17.0 Å². The summed E-state index contributed by atoms with van der Waals surface area (Å²) in [6.07, 6.45) is 3.75. The van der Waals surface area contributed by atoms with E-state index in [0.717, 1.165) is 40.5 Å². The van der Waals surface area contributed by atoms with Gasteiger partial charge < -0.3 is 4.98 Å². The number of aromatic nitrogens is 2. The molecule has 3 aromatic rings. The Balaban J connectivity index is 1.62.